The number of nitrogens with one attached hydrogen (secondary N) is 1. The Morgan fingerprint density at radius 3 is 2.50 bits per heavy atom. The van der Waals surface area contributed by atoms with Gasteiger partial charge in [-0.1, -0.05) is 6.07 Å². The minimum absolute atomic E-state index is 0.0576. The molecule has 0 atom stereocenters. The second-order valence-corrected chi connectivity index (χ2v) is 6.92. The van der Waals surface area contributed by atoms with E-state index in [0.29, 0.717) is 11.5 Å². The van der Waals surface area contributed by atoms with Crippen molar-refractivity contribution in [3.8, 4) is 5.75 Å². The number of carbonyl (C=O) groups is 1. The first-order chi connectivity index (χ1) is 12.4. The van der Waals surface area contributed by atoms with Crippen molar-refractivity contribution in [1.29, 1.82) is 0 Å². The van der Waals surface area contributed by atoms with E-state index in [-0.39, 0.29) is 5.69 Å². The Bertz CT molecular complexity index is 932. The molecule has 1 amide bonds. The van der Waals surface area contributed by atoms with Crippen molar-refractivity contribution < 1.29 is 18.3 Å². The molecule has 2 aromatic carbocycles. The minimum Gasteiger partial charge on any atom is -0.489 e. The fourth-order valence-corrected chi connectivity index (χ4v) is 3.32. The van der Waals surface area contributed by atoms with E-state index in [9.17, 15) is 13.6 Å². The maximum Gasteiger partial charge on any atom is 0.265 e. The largest absolute Gasteiger partial charge is 0.489 e. The number of hydrogen-bond acceptors (Lipinski definition) is 3. The molecule has 0 spiro atoms. The van der Waals surface area contributed by atoms with Crippen molar-refractivity contribution >= 4 is 22.9 Å². The van der Waals surface area contributed by atoms with Gasteiger partial charge >= 0.3 is 0 Å². The van der Waals surface area contributed by atoms with Crippen LogP contribution in [0.3, 0.4) is 0 Å². The Labute approximate surface area is 154 Å². The third kappa shape index (κ3) is 4.46. The molecule has 0 aliphatic heterocycles. The predicted octanol–water partition coefficient (Wildman–Crippen LogP) is 5.47. The van der Waals surface area contributed by atoms with Crippen LogP contribution in [0.5, 0.6) is 5.75 Å². The molecule has 0 radical (unpaired) electrons. The van der Waals surface area contributed by atoms with Crippen LogP contribution in [0.2, 0.25) is 0 Å². The van der Waals surface area contributed by atoms with Gasteiger partial charge < -0.3 is 10.1 Å². The summed E-state index contributed by atoms with van der Waals surface area (Å²) >= 11 is 1.24. The fourth-order valence-electron chi connectivity index (χ4n) is 2.53. The van der Waals surface area contributed by atoms with Gasteiger partial charge in [0.1, 0.15) is 24.0 Å². The van der Waals surface area contributed by atoms with E-state index in [4.69, 9.17) is 4.74 Å². The van der Waals surface area contributed by atoms with Crippen LogP contribution < -0.4 is 10.1 Å². The Hall–Kier alpha value is -2.73. The topological polar surface area (TPSA) is 38.3 Å². The molecule has 0 saturated heterocycles. The summed E-state index contributed by atoms with van der Waals surface area (Å²) in [5.41, 5.74) is 3.02. The number of thiophene rings is 1. The highest BCUT2D eigenvalue weighted by Crippen LogP contribution is 2.22. The summed E-state index contributed by atoms with van der Waals surface area (Å²) in [5, 5.41) is 4.26. The number of halogens is 2. The summed E-state index contributed by atoms with van der Waals surface area (Å²) in [6.45, 7) is 4.33. The van der Waals surface area contributed by atoms with Gasteiger partial charge in [-0.05, 0) is 60.7 Å². The minimum atomic E-state index is -0.812. The van der Waals surface area contributed by atoms with E-state index in [2.05, 4.69) is 11.4 Å². The quantitative estimate of drug-likeness (QED) is 0.644. The van der Waals surface area contributed by atoms with Crippen LogP contribution >= 0.6 is 11.3 Å². The summed E-state index contributed by atoms with van der Waals surface area (Å²) in [6.07, 6.45) is 0. The Kier molecular flexibility index (Phi) is 5.32. The van der Waals surface area contributed by atoms with Crippen LogP contribution in [0, 0.1) is 25.5 Å². The molecule has 1 N–H and O–H groups in total. The number of anilines is 1. The van der Waals surface area contributed by atoms with Crippen molar-refractivity contribution in [2.24, 2.45) is 0 Å². The van der Waals surface area contributed by atoms with Gasteiger partial charge in [-0.3, -0.25) is 4.79 Å². The van der Waals surface area contributed by atoms with Crippen LogP contribution in [0.15, 0.2) is 47.8 Å². The first kappa shape index (κ1) is 18.1. The third-order valence-corrected chi connectivity index (χ3v) is 4.64. The standard InChI is InChI=1S/C20H17F2NO2S/c1-12-5-13(2)7-16(6-12)25-10-14-8-19(26-11-14)20(24)23-18-4-3-15(21)9-17(18)22/h3-9,11H,10H2,1-2H3,(H,23,24). The third-order valence-electron chi connectivity index (χ3n) is 3.66. The molecule has 0 bridgehead atoms. The lowest BCUT2D eigenvalue weighted by Gasteiger charge is -2.07. The highest BCUT2D eigenvalue weighted by molar-refractivity contribution is 7.12. The van der Waals surface area contributed by atoms with Crippen LogP contribution in [0.25, 0.3) is 0 Å². The lowest BCUT2D eigenvalue weighted by molar-refractivity contribution is 0.103. The first-order valence-corrected chi connectivity index (χ1v) is 8.83. The smallest absolute Gasteiger partial charge is 0.265 e. The van der Waals surface area contributed by atoms with Gasteiger partial charge in [0.15, 0.2) is 0 Å². The van der Waals surface area contributed by atoms with Gasteiger partial charge in [0, 0.05) is 11.6 Å². The molecule has 0 saturated carbocycles. The van der Waals surface area contributed by atoms with E-state index in [1.807, 2.05) is 31.4 Å². The number of amides is 1. The summed E-state index contributed by atoms with van der Waals surface area (Å²) in [4.78, 5) is 12.7. The number of benzene rings is 2. The van der Waals surface area contributed by atoms with Gasteiger partial charge in [-0.25, -0.2) is 8.78 Å². The van der Waals surface area contributed by atoms with Crippen molar-refractivity contribution in [1.82, 2.24) is 0 Å². The van der Waals surface area contributed by atoms with Crippen LogP contribution in [0.1, 0.15) is 26.4 Å². The zero-order valence-electron chi connectivity index (χ0n) is 14.3. The highest BCUT2D eigenvalue weighted by Gasteiger charge is 2.13. The predicted molar refractivity (Wildman–Crippen MR) is 98.9 cm³/mol. The molecular weight excluding hydrogens is 356 g/mol. The van der Waals surface area contributed by atoms with Crippen molar-refractivity contribution in [3.05, 3.63) is 81.0 Å². The zero-order chi connectivity index (χ0) is 18.7. The summed E-state index contributed by atoms with van der Waals surface area (Å²) in [6, 6.07) is 10.7. The number of aryl methyl sites for hydroxylation is 2. The van der Waals surface area contributed by atoms with Gasteiger partial charge in [-0.15, -0.1) is 11.3 Å². The Balaban J connectivity index is 1.64. The molecule has 0 fully saturated rings. The van der Waals surface area contributed by atoms with E-state index in [0.717, 1.165) is 34.6 Å². The van der Waals surface area contributed by atoms with Crippen molar-refractivity contribution in [2.45, 2.75) is 20.5 Å². The number of rotatable bonds is 5. The van der Waals surface area contributed by atoms with E-state index in [1.165, 1.54) is 17.4 Å². The maximum atomic E-state index is 13.6. The molecule has 0 aliphatic carbocycles. The lowest BCUT2D eigenvalue weighted by atomic mass is 10.1. The average molecular weight is 373 g/mol. The molecule has 3 aromatic rings. The van der Waals surface area contributed by atoms with Crippen LogP contribution in [-0.2, 0) is 6.61 Å². The average Bonchev–Trinajstić information content (AvgIpc) is 3.04. The molecule has 26 heavy (non-hydrogen) atoms. The number of carbonyl (C=O) groups excluding carboxylic acids is 1. The summed E-state index contributed by atoms with van der Waals surface area (Å²) in [7, 11) is 0. The maximum absolute atomic E-state index is 13.6. The normalized spacial score (nSPS) is 10.6. The number of ether oxygens (including phenoxy) is 1. The summed E-state index contributed by atoms with van der Waals surface area (Å²) < 4.78 is 32.3. The van der Waals surface area contributed by atoms with Crippen LogP contribution in [-0.4, -0.2) is 5.91 Å². The molecule has 6 heteroatoms. The first-order valence-electron chi connectivity index (χ1n) is 7.95. The molecule has 3 rings (SSSR count). The highest BCUT2D eigenvalue weighted by atomic mass is 32.1. The second kappa shape index (κ2) is 7.66. The van der Waals surface area contributed by atoms with Gasteiger partial charge in [0.05, 0.1) is 10.6 Å². The molecule has 0 unspecified atom stereocenters. The molecule has 0 aliphatic rings. The van der Waals surface area contributed by atoms with E-state index >= 15 is 0 Å². The van der Waals surface area contributed by atoms with Gasteiger partial charge in [0.25, 0.3) is 5.91 Å². The monoisotopic (exact) mass is 373 g/mol. The molecular formula is C20H17F2NO2S. The van der Waals surface area contributed by atoms with E-state index < -0.39 is 17.5 Å². The lowest BCUT2D eigenvalue weighted by Crippen LogP contribution is -2.11. The Morgan fingerprint density at radius 2 is 1.81 bits per heavy atom. The summed E-state index contributed by atoms with van der Waals surface area (Å²) in [5.74, 6) is -1.18. The SMILES string of the molecule is Cc1cc(C)cc(OCc2csc(C(=O)Nc3ccc(F)cc3F)c2)c1. The van der Waals surface area contributed by atoms with Crippen molar-refractivity contribution in [3.63, 3.8) is 0 Å². The Morgan fingerprint density at radius 1 is 1.08 bits per heavy atom. The van der Waals surface area contributed by atoms with Gasteiger partial charge in [-0.2, -0.15) is 0 Å². The molecule has 1 heterocycles. The van der Waals surface area contributed by atoms with Crippen LogP contribution in [0.4, 0.5) is 14.5 Å². The van der Waals surface area contributed by atoms with E-state index in [1.54, 1.807) is 6.07 Å². The van der Waals surface area contributed by atoms with Crippen molar-refractivity contribution in [2.75, 3.05) is 5.32 Å². The molecule has 1 aromatic heterocycles. The zero-order valence-corrected chi connectivity index (χ0v) is 15.1. The molecule has 134 valence electrons. The number of hydrogen-bond donors (Lipinski definition) is 1. The fraction of sp³-hybridized carbons (Fsp3) is 0.150. The second-order valence-electron chi connectivity index (χ2n) is 6.01. The van der Waals surface area contributed by atoms with Gasteiger partial charge in [0.2, 0.25) is 0 Å². The molecule has 3 nitrogen and oxygen atoms in total.